The average Bonchev–Trinajstić information content (AvgIpc) is 2.91. The SMILES string of the molecule is COC(=O)[C@H](O)CN1CC[C@]2(C[C@@H]1C)OCCc1sc(Cl)cc12. The van der Waals surface area contributed by atoms with E-state index >= 15 is 0 Å². The number of thiophene rings is 1. The van der Waals surface area contributed by atoms with Gasteiger partial charge in [0, 0.05) is 30.4 Å². The number of β-amino-alcohol motifs (C(OH)–C–C–N with tert-alkyl or cyclic N) is 1. The molecule has 3 rings (SSSR count). The number of nitrogens with zero attached hydrogens (tertiary/aromatic N) is 1. The standard InChI is InChI=1S/C16H22ClNO4S/c1-10-8-16(4-5-18(10)9-12(19)15(20)21-2)11-7-14(17)23-13(11)3-6-22-16/h7,10,12,19H,3-6,8-9H2,1-2H3/t10-,12+,16+/m0/s1. The first-order valence-electron chi connectivity index (χ1n) is 7.88. The molecule has 1 aromatic heterocycles. The van der Waals surface area contributed by atoms with Gasteiger partial charge in [-0.15, -0.1) is 11.3 Å². The number of esters is 1. The van der Waals surface area contributed by atoms with Crippen molar-refractivity contribution in [3.05, 3.63) is 20.8 Å². The summed E-state index contributed by atoms with van der Waals surface area (Å²) in [5.74, 6) is -0.585. The van der Waals surface area contributed by atoms with Crippen molar-refractivity contribution in [1.82, 2.24) is 4.90 Å². The normalized spacial score (nSPS) is 29.3. The maximum absolute atomic E-state index is 11.4. The molecule has 2 aliphatic rings. The van der Waals surface area contributed by atoms with Crippen LogP contribution >= 0.6 is 22.9 Å². The lowest BCUT2D eigenvalue weighted by Gasteiger charge is -2.47. The van der Waals surface area contributed by atoms with Gasteiger partial charge in [-0.2, -0.15) is 0 Å². The number of aliphatic hydroxyl groups is 1. The van der Waals surface area contributed by atoms with Crippen molar-refractivity contribution in [2.45, 2.75) is 43.9 Å². The molecule has 2 aliphatic heterocycles. The topological polar surface area (TPSA) is 59.0 Å². The van der Waals surface area contributed by atoms with E-state index in [2.05, 4.69) is 16.6 Å². The van der Waals surface area contributed by atoms with Gasteiger partial charge in [-0.05, 0) is 31.4 Å². The molecule has 1 spiro atoms. The molecule has 0 radical (unpaired) electrons. The van der Waals surface area contributed by atoms with Crippen LogP contribution in [0, 0.1) is 0 Å². The number of ether oxygens (including phenoxy) is 2. The Bertz CT molecular complexity index is 593. The van der Waals surface area contributed by atoms with Gasteiger partial charge in [0.15, 0.2) is 6.10 Å². The summed E-state index contributed by atoms with van der Waals surface area (Å²) in [6.45, 7) is 3.89. The first kappa shape index (κ1) is 17.2. The minimum Gasteiger partial charge on any atom is -0.467 e. The quantitative estimate of drug-likeness (QED) is 0.838. The molecule has 1 N–H and O–H groups in total. The number of likely N-dealkylation sites (tertiary alicyclic amines) is 1. The molecule has 3 heterocycles. The van der Waals surface area contributed by atoms with Crippen molar-refractivity contribution < 1.29 is 19.4 Å². The second-order valence-corrected chi connectivity index (χ2v) is 8.09. The highest BCUT2D eigenvalue weighted by atomic mass is 35.5. The van der Waals surface area contributed by atoms with E-state index in [4.69, 9.17) is 16.3 Å². The summed E-state index contributed by atoms with van der Waals surface area (Å²) in [7, 11) is 1.29. The Morgan fingerprint density at radius 1 is 1.70 bits per heavy atom. The Morgan fingerprint density at radius 3 is 3.17 bits per heavy atom. The number of rotatable bonds is 3. The van der Waals surface area contributed by atoms with E-state index in [9.17, 15) is 9.90 Å². The highest BCUT2D eigenvalue weighted by Crippen LogP contribution is 2.47. The predicted molar refractivity (Wildman–Crippen MR) is 89.0 cm³/mol. The third-order valence-corrected chi connectivity index (χ3v) is 6.23. The van der Waals surface area contributed by atoms with Crippen LogP contribution in [0.2, 0.25) is 4.34 Å². The Balaban J connectivity index is 1.73. The lowest BCUT2D eigenvalue weighted by atomic mass is 9.79. The van der Waals surface area contributed by atoms with Gasteiger partial charge < -0.3 is 14.6 Å². The first-order valence-corrected chi connectivity index (χ1v) is 9.07. The lowest BCUT2D eigenvalue weighted by Crippen LogP contribution is -2.53. The van der Waals surface area contributed by atoms with E-state index in [1.807, 2.05) is 6.07 Å². The first-order chi connectivity index (χ1) is 10.9. The van der Waals surface area contributed by atoms with Gasteiger partial charge in [-0.25, -0.2) is 4.79 Å². The highest BCUT2D eigenvalue weighted by molar-refractivity contribution is 7.16. The van der Waals surface area contributed by atoms with E-state index in [0.29, 0.717) is 6.54 Å². The summed E-state index contributed by atoms with van der Waals surface area (Å²) >= 11 is 7.85. The monoisotopic (exact) mass is 359 g/mol. The Hall–Kier alpha value is -0.660. The van der Waals surface area contributed by atoms with Crippen LogP contribution in [0.25, 0.3) is 0 Å². The molecule has 23 heavy (non-hydrogen) atoms. The molecular formula is C16H22ClNO4S. The van der Waals surface area contributed by atoms with Gasteiger partial charge in [0.2, 0.25) is 0 Å². The van der Waals surface area contributed by atoms with Crippen LogP contribution < -0.4 is 0 Å². The molecule has 0 bridgehead atoms. The minimum absolute atomic E-state index is 0.202. The van der Waals surface area contributed by atoms with Crippen molar-refractivity contribution in [3.63, 3.8) is 0 Å². The summed E-state index contributed by atoms with van der Waals surface area (Å²) in [5, 5.41) is 9.89. The number of hydrogen-bond donors (Lipinski definition) is 1. The van der Waals surface area contributed by atoms with Crippen LogP contribution in [-0.2, 0) is 26.3 Å². The molecule has 1 fully saturated rings. The molecule has 0 aliphatic carbocycles. The van der Waals surface area contributed by atoms with E-state index < -0.39 is 12.1 Å². The third-order valence-electron chi connectivity index (χ3n) is 4.91. The maximum atomic E-state index is 11.4. The van der Waals surface area contributed by atoms with Crippen molar-refractivity contribution in [3.8, 4) is 0 Å². The van der Waals surface area contributed by atoms with Crippen LogP contribution in [0.1, 0.15) is 30.2 Å². The fourth-order valence-corrected chi connectivity index (χ4v) is 5.06. The Morgan fingerprint density at radius 2 is 2.48 bits per heavy atom. The number of piperidine rings is 1. The van der Waals surface area contributed by atoms with Crippen LogP contribution in [0.3, 0.4) is 0 Å². The van der Waals surface area contributed by atoms with Crippen LogP contribution in [0.4, 0.5) is 0 Å². The van der Waals surface area contributed by atoms with Gasteiger partial charge in [0.25, 0.3) is 0 Å². The molecule has 0 aromatic carbocycles. The number of carbonyl (C=O) groups excluding carboxylic acids is 1. The van der Waals surface area contributed by atoms with Crippen LogP contribution in [0.5, 0.6) is 0 Å². The van der Waals surface area contributed by atoms with E-state index in [1.165, 1.54) is 17.6 Å². The predicted octanol–water partition coefficient (Wildman–Crippen LogP) is 2.19. The summed E-state index contributed by atoms with van der Waals surface area (Å²) < 4.78 is 11.6. The lowest BCUT2D eigenvalue weighted by molar-refractivity contribution is -0.153. The van der Waals surface area contributed by atoms with Crippen LogP contribution in [0.15, 0.2) is 6.07 Å². The molecule has 5 nitrogen and oxygen atoms in total. The second kappa shape index (κ2) is 6.69. The van der Waals surface area contributed by atoms with Crippen molar-refractivity contribution in [1.29, 1.82) is 0 Å². The number of fused-ring (bicyclic) bond motifs is 2. The van der Waals surface area contributed by atoms with Gasteiger partial charge in [-0.1, -0.05) is 11.6 Å². The van der Waals surface area contributed by atoms with Crippen molar-refractivity contribution >= 4 is 28.9 Å². The molecule has 0 amide bonds. The fourth-order valence-electron chi connectivity index (χ4n) is 3.72. The molecule has 0 unspecified atom stereocenters. The van der Waals surface area contributed by atoms with Crippen LogP contribution in [-0.4, -0.2) is 54.9 Å². The summed E-state index contributed by atoms with van der Waals surface area (Å²) in [5.41, 5.74) is 0.961. The molecular weight excluding hydrogens is 338 g/mol. The number of halogens is 1. The summed E-state index contributed by atoms with van der Waals surface area (Å²) in [4.78, 5) is 14.9. The number of hydrogen-bond acceptors (Lipinski definition) is 6. The van der Waals surface area contributed by atoms with Gasteiger partial charge >= 0.3 is 5.97 Å². The molecule has 128 valence electrons. The average molecular weight is 360 g/mol. The molecule has 0 saturated carbocycles. The summed E-state index contributed by atoms with van der Waals surface area (Å²) in [6.07, 6.45) is 1.50. The zero-order chi connectivity index (χ0) is 16.6. The van der Waals surface area contributed by atoms with Gasteiger partial charge in [0.1, 0.15) is 0 Å². The maximum Gasteiger partial charge on any atom is 0.336 e. The number of aliphatic hydroxyl groups excluding tert-OH is 1. The molecule has 1 saturated heterocycles. The smallest absolute Gasteiger partial charge is 0.336 e. The number of carbonyl (C=O) groups is 1. The van der Waals surface area contributed by atoms with E-state index in [0.717, 1.165) is 36.8 Å². The zero-order valence-corrected chi connectivity index (χ0v) is 15.0. The second-order valence-electron chi connectivity index (χ2n) is 6.32. The van der Waals surface area contributed by atoms with Crippen molar-refractivity contribution in [2.75, 3.05) is 26.8 Å². The Kier molecular flexibility index (Phi) is 4.99. The zero-order valence-electron chi connectivity index (χ0n) is 13.4. The van der Waals surface area contributed by atoms with Crippen molar-refractivity contribution in [2.24, 2.45) is 0 Å². The fraction of sp³-hybridized carbons (Fsp3) is 0.688. The summed E-state index contributed by atoms with van der Waals surface area (Å²) in [6, 6.07) is 2.25. The molecule has 1 aromatic rings. The van der Waals surface area contributed by atoms with Gasteiger partial charge in [0.05, 0.1) is 23.7 Å². The molecule has 7 heteroatoms. The van der Waals surface area contributed by atoms with E-state index in [1.54, 1.807) is 11.3 Å². The Labute approximate surface area is 145 Å². The van der Waals surface area contributed by atoms with E-state index in [-0.39, 0.29) is 11.6 Å². The van der Waals surface area contributed by atoms with Gasteiger partial charge in [-0.3, -0.25) is 4.90 Å². The highest BCUT2D eigenvalue weighted by Gasteiger charge is 2.44. The number of methoxy groups -OCH3 is 1. The molecule has 3 atom stereocenters. The third kappa shape index (κ3) is 3.28. The minimum atomic E-state index is -1.10. The largest absolute Gasteiger partial charge is 0.467 e.